The van der Waals surface area contributed by atoms with Crippen molar-refractivity contribution in [3.05, 3.63) is 71.8 Å². The fraction of sp³-hybridized carbons (Fsp3) is 0.294. The molecule has 2 rings (SSSR count). The molecule has 0 saturated heterocycles. The lowest BCUT2D eigenvalue weighted by Crippen LogP contribution is -2.42. The van der Waals surface area contributed by atoms with Crippen LogP contribution in [-0.4, -0.2) is 23.8 Å². The third-order valence-corrected chi connectivity index (χ3v) is 3.33. The van der Waals surface area contributed by atoms with Crippen molar-refractivity contribution in [3.63, 3.8) is 0 Å². The smallest absolute Gasteiger partial charge is 0.0818 e. The first-order valence-corrected chi connectivity index (χ1v) is 6.98. The van der Waals surface area contributed by atoms with Crippen molar-refractivity contribution in [1.29, 1.82) is 0 Å². The van der Waals surface area contributed by atoms with Gasteiger partial charge in [-0.25, -0.2) is 0 Å². The van der Waals surface area contributed by atoms with E-state index in [0.29, 0.717) is 13.0 Å². The highest BCUT2D eigenvalue weighted by molar-refractivity contribution is 7.59. The van der Waals surface area contributed by atoms with Gasteiger partial charge in [0.1, 0.15) is 0 Å². The summed E-state index contributed by atoms with van der Waals surface area (Å²) in [5, 5.41) is 13.3. The van der Waals surface area contributed by atoms with Gasteiger partial charge in [0.25, 0.3) is 0 Å². The maximum absolute atomic E-state index is 10.1. The van der Waals surface area contributed by atoms with Crippen LogP contribution in [0.15, 0.2) is 60.7 Å². The Balaban J connectivity index is 0. The van der Waals surface area contributed by atoms with Gasteiger partial charge in [-0.2, -0.15) is 13.5 Å². The molecule has 0 unspecified atom stereocenters. The Labute approximate surface area is 157 Å². The predicted octanol–water partition coefficient (Wildman–Crippen LogP) is 2.66. The van der Waals surface area contributed by atoms with E-state index in [1.54, 1.807) is 0 Å². The number of aliphatic hydroxyl groups is 1. The lowest BCUT2D eigenvalue weighted by Gasteiger charge is -2.19. The number of benzene rings is 2. The number of aliphatic hydroxyl groups excluding tert-OH is 1. The third kappa shape index (κ3) is 9.20. The summed E-state index contributed by atoms with van der Waals surface area (Å²) in [6, 6.07) is 19.9. The summed E-state index contributed by atoms with van der Waals surface area (Å²) >= 11 is 0. The molecule has 130 valence electrons. The molecule has 6 heteroatoms. The highest BCUT2D eigenvalue weighted by Crippen LogP contribution is 2.04. The van der Waals surface area contributed by atoms with Crippen LogP contribution in [0.1, 0.15) is 11.1 Å². The molecule has 0 aliphatic heterocycles. The molecular formula is C17H26Cl2N2OS. The van der Waals surface area contributed by atoms with Crippen molar-refractivity contribution < 1.29 is 5.11 Å². The SMILES string of the molecule is Cl.Cl.N[C@H](Cc1ccccc1)[C@@H](O)CNCc1ccccc1.S. The first-order chi connectivity index (χ1) is 9.75. The quantitative estimate of drug-likeness (QED) is 0.695. The molecule has 0 aliphatic carbocycles. The van der Waals surface area contributed by atoms with Crippen molar-refractivity contribution >= 4 is 38.3 Å². The summed E-state index contributed by atoms with van der Waals surface area (Å²) in [7, 11) is 0. The summed E-state index contributed by atoms with van der Waals surface area (Å²) in [6.07, 6.45) is 0.147. The van der Waals surface area contributed by atoms with Crippen LogP contribution in [0.25, 0.3) is 0 Å². The topological polar surface area (TPSA) is 58.3 Å². The van der Waals surface area contributed by atoms with Crippen LogP contribution >= 0.6 is 38.3 Å². The number of nitrogens with one attached hydrogen (secondary N) is 1. The average Bonchev–Trinajstić information content (AvgIpc) is 2.49. The van der Waals surface area contributed by atoms with Crippen LogP contribution < -0.4 is 11.1 Å². The van der Waals surface area contributed by atoms with Gasteiger partial charge in [0.15, 0.2) is 0 Å². The van der Waals surface area contributed by atoms with Gasteiger partial charge in [-0.3, -0.25) is 0 Å². The molecule has 0 bridgehead atoms. The van der Waals surface area contributed by atoms with Crippen LogP contribution in [0.5, 0.6) is 0 Å². The summed E-state index contributed by atoms with van der Waals surface area (Å²) in [5.41, 5.74) is 8.40. The lowest BCUT2D eigenvalue weighted by molar-refractivity contribution is 0.141. The molecule has 0 aliphatic rings. The summed E-state index contributed by atoms with van der Waals surface area (Å²) < 4.78 is 0. The van der Waals surface area contributed by atoms with E-state index in [1.807, 2.05) is 48.5 Å². The summed E-state index contributed by atoms with van der Waals surface area (Å²) in [4.78, 5) is 0. The molecule has 23 heavy (non-hydrogen) atoms. The van der Waals surface area contributed by atoms with Crippen molar-refractivity contribution in [1.82, 2.24) is 5.32 Å². The molecule has 2 aromatic carbocycles. The fourth-order valence-electron chi connectivity index (χ4n) is 2.13. The van der Waals surface area contributed by atoms with Crippen LogP contribution in [0.2, 0.25) is 0 Å². The molecule has 0 radical (unpaired) electrons. The zero-order valence-corrected chi connectivity index (χ0v) is 15.5. The van der Waals surface area contributed by atoms with Gasteiger partial charge in [0.05, 0.1) is 6.10 Å². The van der Waals surface area contributed by atoms with Crippen molar-refractivity contribution in [2.75, 3.05) is 6.54 Å². The number of halogens is 2. The normalized spacial score (nSPS) is 12.1. The van der Waals surface area contributed by atoms with Crippen molar-refractivity contribution in [2.24, 2.45) is 5.73 Å². The van der Waals surface area contributed by atoms with Crippen LogP contribution in [-0.2, 0) is 13.0 Å². The lowest BCUT2D eigenvalue weighted by atomic mass is 10.0. The summed E-state index contributed by atoms with van der Waals surface area (Å²) in [5.74, 6) is 0. The Morgan fingerprint density at radius 2 is 1.35 bits per heavy atom. The first kappa shape index (κ1) is 24.5. The van der Waals surface area contributed by atoms with Gasteiger partial charge >= 0.3 is 0 Å². The zero-order valence-electron chi connectivity index (χ0n) is 12.9. The molecule has 0 fully saturated rings. The van der Waals surface area contributed by atoms with E-state index in [4.69, 9.17) is 5.73 Å². The second-order valence-corrected chi connectivity index (χ2v) is 5.04. The van der Waals surface area contributed by atoms with E-state index in [1.165, 1.54) is 5.56 Å². The van der Waals surface area contributed by atoms with Crippen molar-refractivity contribution in [2.45, 2.75) is 25.1 Å². The maximum Gasteiger partial charge on any atom is 0.0818 e. The average molecular weight is 377 g/mol. The van der Waals surface area contributed by atoms with Crippen molar-refractivity contribution in [3.8, 4) is 0 Å². The van der Waals surface area contributed by atoms with E-state index >= 15 is 0 Å². The highest BCUT2D eigenvalue weighted by atomic mass is 35.5. The van der Waals surface area contributed by atoms with Crippen LogP contribution in [0.3, 0.4) is 0 Å². The number of nitrogens with two attached hydrogens (primary N) is 1. The van der Waals surface area contributed by atoms with E-state index in [9.17, 15) is 5.11 Å². The Bertz CT molecular complexity index is 502. The minimum absolute atomic E-state index is 0. The molecule has 2 aromatic rings. The Kier molecular flexibility index (Phi) is 14.6. The van der Waals surface area contributed by atoms with Crippen LogP contribution in [0.4, 0.5) is 0 Å². The third-order valence-electron chi connectivity index (χ3n) is 3.33. The highest BCUT2D eigenvalue weighted by Gasteiger charge is 2.14. The van der Waals surface area contributed by atoms with Gasteiger partial charge < -0.3 is 16.2 Å². The molecule has 0 amide bonds. The van der Waals surface area contributed by atoms with Gasteiger partial charge in [-0.1, -0.05) is 60.7 Å². The van der Waals surface area contributed by atoms with E-state index in [0.717, 1.165) is 12.1 Å². The van der Waals surface area contributed by atoms with Gasteiger partial charge in [-0.15, -0.1) is 24.8 Å². The largest absolute Gasteiger partial charge is 0.390 e. The maximum atomic E-state index is 10.1. The Hall–Kier alpha value is -0.750. The van der Waals surface area contributed by atoms with E-state index < -0.39 is 6.10 Å². The molecule has 0 heterocycles. The minimum atomic E-state index is -0.543. The second-order valence-electron chi connectivity index (χ2n) is 5.04. The van der Waals surface area contributed by atoms with E-state index in [-0.39, 0.29) is 44.4 Å². The molecule has 2 atom stereocenters. The van der Waals surface area contributed by atoms with Gasteiger partial charge in [0, 0.05) is 19.1 Å². The van der Waals surface area contributed by atoms with E-state index in [2.05, 4.69) is 17.4 Å². The molecule has 3 nitrogen and oxygen atoms in total. The fourth-order valence-corrected chi connectivity index (χ4v) is 2.13. The Morgan fingerprint density at radius 1 is 0.870 bits per heavy atom. The zero-order chi connectivity index (χ0) is 14.2. The number of rotatable bonds is 7. The molecule has 0 aromatic heterocycles. The van der Waals surface area contributed by atoms with Crippen LogP contribution in [0, 0.1) is 0 Å². The number of hydrogen-bond donors (Lipinski definition) is 3. The predicted molar refractivity (Wildman–Crippen MR) is 107 cm³/mol. The monoisotopic (exact) mass is 376 g/mol. The molecular weight excluding hydrogens is 351 g/mol. The molecule has 0 saturated carbocycles. The molecule has 4 N–H and O–H groups in total. The van der Waals surface area contributed by atoms with Gasteiger partial charge in [-0.05, 0) is 17.5 Å². The molecule has 0 spiro atoms. The second kappa shape index (κ2) is 13.7. The van der Waals surface area contributed by atoms with Gasteiger partial charge in [0.2, 0.25) is 0 Å². The Morgan fingerprint density at radius 3 is 1.87 bits per heavy atom. The standard InChI is InChI=1S/C17H22N2O.2ClH.H2S/c18-16(11-14-7-3-1-4-8-14)17(20)13-19-12-15-9-5-2-6-10-15;;;/h1-10,16-17,19-20H,11-13,18H2;2*1H;1H2/t16-,17+;;;/m1.../s1. The summed E-state index contributed by atoms with van der Waals surface area (Å²) in [6.45, 7) is 1.25. The minimum Gasteiger partial charge on any atom is -0.390 e. The number of hydrogen-bond acceptors (Lipinski definition) is 3. The first-order valence-electron chi connectivity index (χ1n) is 6.98.